The van der Waals surface area contributed by atoms with E-state index >= 15 is 0 Å². The molecule has 2 heterocycles. The van der Waals surface area contributed by atoms with E-state index < -0.39 is 11.7 Å². The van der Waals surface area contributed by atoms with E-state index in [-0.39, 0.29) is 21.8 Å². The van der Waals surface area contributed by atoms with Crippen molar-refractivity contribution in [1.29, 1.82) is 0 Å². The number of hydrogen-bond acceptors (Lipinski definition) is 2. The van der Waals surface area contributed by atoms with Crippen LogP contribution < -0.4 is 5.56 Å². The van der Waals surface area contributed by atoms with E-state index in [4.69, 9.17) is 11.6 Å². The van der Waals surface area contributed by atoms with Crippen LogP contribution in [0.5, 0.6) is 0 Å². The third kappa shape index (κ3) is 3.58. The van der Waals surface area contributed by atoms with Crippen molar-refractivity contribution in [3.63, 3.8) is 0 Å². The Hall–Kier alpha value is -2.60. The van der Waals surface area contributed by atoms with E-state index in [1.807, 2.05) is 0 Å². The van der Waals surface area contributed by atoms with Crippen LogP contribution >= 0.6 is 11.6 Å². The zero-order valence-corrected chi connectivity index (χ0v) is 13.8. The molecule has 0 bridgehead atoms. The normalized spacial score (nSPS) is 12.6. The largest absolute Gasteiger partial charge is 0.416 e. The Balaban J connectivity index is 2.07. The molecule has 0 saturated carbocycles. The van der Waals surface area contributed by atoms with Crippen molar-refractivity contribution in [1.82, 2.24) is 9.38 Å². The molecule has 0 aliphatic carbocycles. The molecule has 0 N–H and O–H groups in total. The molecule has 0 saturated heterocycles. The second kappa shape index (κ2) is 6.37. The minimum absolute atomic E-state index is 0.0837. The van der Waals surface area contributed by atoms with Crippen LogP contribution in [0.4, 0.5) is 13.2 Å². The Morgan fingerprint density at radius 1 is 1.16 bits per heavy atom. The summed E-state index contributed by atoms with van der Waals surface area (Å²) in [4.78, 5) is 16.6. The van der Waals surface area contributed by atoms with E-state index in [1.165, 1.54) is 28.7 Å². The highest BCUT2D eigenvalue weighted by molar-refractivity contribution is 6.51. The molecule has 0 spiro atoms. The monoisotopic (exact) mass is 364 g/mol. The molecule has 128 valence electrons. The van der Waals surface area contributed by atoms with Crippen molar-refractivity contribution in [2.24, 2.45) is 0 Å². The molecule has 0 aliphatic rings. The highest BCUT2D eigenvalue weighted by Crippen LogP contribution is 2.30. The lowest BCUT2D eigenvalue weighted by Crippen LogP contribution is -2.17. The average molecular weight is 365 g/mol. The standard InChI is InChI=1S/C18H12ClF3N2O/c1-11-4-2-7-16-23-15(10-17(25)24(11)16)14(19)9-12-5-3-6-13(8-12)18(20,21)22/h2-10H,1H3/b14-9-. The molecule has 0 amide bonds. The van der Waals surface area contributed by atoms with Crippen LogP contribution in [0.1, 0.15) is 22.5 Å². The van der Waals surface area contributed by atoms with Crippen LogP contribution in [-0.4, -0.2) is 9.38 Å². The number of fused-ring (bicyclic) bond motifs is 1. The Bertz CT molecular complexity index is 1040. The van der Waals surface area contributed by atoms with Gasteiger partial charge in [-0.05, 0) is 42.8 Å². The molecular weight excluding hydrogens is 353 g/mol. The lowest BCUT2D eigenvalue weighted by Gasteiger charge is -2.08. The summed E-state index contributed by atoms with van der Waals surface area (Å²) in [5, 5.41) is 0.0837. The quantitative estimate of drug-likeness (QED) is 0.657. The zero-order valence-electron chi connectivity index (χ0n) is 13.0. The number of nitrogens with zero attached hydrogens (tertiary/aromatic N) is 2. The molecule has 0 aliphatic heterocycles. The van der Waals surface area contributed by atoms with Gasteiger partial charge >= 0.3 is 6.18 Å². The minimum atomic E-state index is -4.44. The van der Waals surface area contributed by atoms with Gasteiger partial charge in [0, 0.05) is 11.8 Å². The zero-order chi connectivity index (χ0) is 18.2. The maximum atomic E-state index is 12.8. The van der Waals surface area contributed by atoms with Gasteiger partial charge in [0.15, 0.2) is 0 Å². The van der Waals surface area contributed by atoms with E-state index in [9.17, 15) is 18.0 Å². The Labute approximate surface area is 146 Å². The van der Waals surface area contributed by atoms with E-state index in [0.717, 1.165) is 17.8 Å². The summed E-state index contributed by atoms with van der Waals surface area (Å²) in [6, 6.07) is 11.2. The fourth-order valence-corrected chi connectivity index (χ4v) is 2.68. The van der Waals surface area contributed by atoms with E-state index in [1.54, 1.807) is 25.1 Å². The summed E-state index contributed by atoms with van der Waals surface area (Å²) in [6.45, 7) is 1.77. The number of pyridine rings is 1. The summed E-state index contributed by atoms with van der Waals surface area (Å²) in [7, 11) is 0. The predicted octanol–water partition coefficient (Wildman–Crippen LogP) is 4.76. The lowest BCUT2D eigenvalue weighted by molar-refractivity contribution is -0.137. The lowest BCUT2D eigenvalue weighted by atomic mass is 10.1. The van der Waals surface area contributed by atoms with Gasteiger partial charge in [0.2, 0.25) is 0 Å². The van der Waals surface area contributed by atoms with Crippen molar-refractivity contribution in [3.05, 3.63) is 81.4 Å². The Morgan fingerprint density at radius 2 is 1.88 bits per heavy atom. The van der Waals surface area contributed by atoms with Gasteiger partial charge in [-0.25, -0.2) is 4.98 Å². The highest BCUT2D eigenvalue weighted by Gasteiger charge is 2.30. The van der Waals surface area contributed by atoms with Crippen molar-refractivity contribution < 1.29 is 13.2 Å². The van der Waals surface area contributed by atoms with Crippen molar-refractivity contribution in [2.45, 2.75) is 13.1 Å². The molecule has 0 radical (unpaired) electrons. The minimum Gasteiger partial charge on any atom is -0.269 e. The number of hydrogen-bond donors (Lipinski definition) is 0. The molecule has 1 aromatic carbocycles. The van der Waals surface area contributed by atoms with Gasteiger partial charge < -0.3 is 0 Å². The molecule has 7 heteroatoms. The van der Waals surface area contributed by atoms with Crippen LogP contribution in [0, 0.1) is 6.92 Å². The van der Waals surface area contributed by atoms with Gasteiger partial charge in [-0.2, -0.15) is 13.2 Å². The summed E-state index contributed by atoms with van der Waals surface area (Å²) < 4.78 is 39.8. The molecule has 25 heavy (non-hydrogen) atoms. The van der Waals surface area contributed by atoms with Crippen LogP contribution in [-0.2, 0) is 6.18 Å². The molecule has 0 unspecified atom stereocenters. The van der Waals surface area contributed by atoms with Crippen molar-refractivity contribution in [3.8, 4) is 0 Å². The van der Waals surface area contributed by atoms with Gasteiger partial charge in [0.05, 0.1) is 16.3 Å². The first-order chi connectivity index (χ1) is 11.8. The van der Waals surface area contributed by atoms with Crippen LogP contribution in [0.3, 0.4) is 0 Å². The maximum Gasteiger partial charge on any atom is 0.416 e. The number of benzene rings is 1. The highest BCUT2D eigenvalue weighted by atomic mass is 35.5. The summed E-state index contributed by atoms with van der Waals surface area (Å²) in [5.41, 5.74) is 0.528. The van der Waals surface area contributed by atoms with Crippen LogP contribution in [0.2, 0.25) is 0 Å². The number of aromatic nitrogens is 2. The van der Waals surface area contributed by atoms with Crippen molar-refractivity contribution in [2.75, 3.05) is 0 Å². The second-order valence-corrected chi connectivity index (χ2v) is 5.86. The third-order valence-corrected chi connectivity index (χ3v) is 3.93. The molecular formula is C18H12ClF3N2O. The Kier molecular flexibility index (Phi) is 4.39. The van der Waals surface area contributed by atoms with Gasteiger partial charge in [-0.15, -0.1) is 0 Å². The van der Waals surface area contributed by atoms with Crippen molar-refractivity contribution >= 4 is 28.4 Å². The van der Waals surface area contributed by atoms with Gasteiger partial charge in [-0.1, -0.05) is 29.8 Å². The number of halogens is 4. The first kappa shape index (κ1) is 17.2. The molecule has 0 atom stereocenters. The second-order valence-electron chi connectivity index (χ2n) is 5.46. The van der Waals surface area contributed by atoms with E-state index in [2.05, 4.69) is 4.98 Å². The van der Waals surface area contributed by atoms with Gasteiger partial charge in [0.25, 0.3) is 5.56 Å². The predicted molar refractivity (Wildman–Crippen MR) is 91.4 cm³/mol. The smallest absolute Gasteiger partial charge is 0.269 e. The van der Waals surface area contributed by atoms with Gasteiger partial charge in [0.1, 0.15) is 5.65 Å². The fraction of sp³-hybridized carbons (Fsp3) is 0.111. The third-order valence-electron chi connectivity index (χ3n) is 3.63. The number of alkyl halides is 3. The SMILES string of the molecule is Cc1cccc2nc(/C(Cl)=C/c3cccc(C(F)(F)F)c3)cc(=O)n12. The van der Waals surface area contributed by atoms with E-state index in [0.29, 0.717) is 5.65 Å². The first-order valence-corrected chi connectivity index (χ1v) is 7.68. The first-order valence-electron chi connectivity index (χ1n) is 7.30. The molecule has 3 rings (SSSR count). The molecule has 3 nitrogen and oxygen atoms in total. The molecule has 3 aromatic rings. The summed E-state index contributed by atoms with van der Waals surface area (Å²) in [6.07, 6.45) is -3.08. The maximum absolute atomic E-state index is 12.8. The van der Waals surface area contributed by atoms with Crippen LogP contribution in [0.15, 0.2) is 53.3 Å². The molecule has 0 fully saturated rings. The van der Waals surface area contributed by atoms with Gasteiger partial charge in [-0.3, -0.25) is 9.20 Å². The summed E-state index contributed by atoms with van der Waals surface area (Å²) in [5.74, 6) is 0. The Morgan fingerprint density at radius 3 is 2.60 bits per heavy atom. The fourth-order valence-electron chi connectivity index (χ4n) is 2.46. The summed E-state index contributed by atoms with van der Waals surface area (Å²) >= 11 is 6.19. The number of aryl methyl sites for hydroxylation is 1. The topological polar surface area (TPSA) is 34.4 Å². The average Bonchev–Trinajstić information content (AvgIpc) is 2.54. The molecule has 2 aromatic heterocycles. The number of rotatable bonds is 2. The van der Waals surface area contributed by atoms with Crippen LogP contribution in [0.25, 0.3) is 16.8 Å².